The molecule has 0 saturated heterocycles. The van der Waals surface area contributed by atoms with Crippen LogP contribution in [0.4, 0.5) is 4.39 Å². The smallest absolute Gasteiger partial charge is 0.255 e. The number of halogens is 2. The van der Waals surface area contributed by atoms with Gasteiger partial charge >= 0.3 is 0 Å². The van der Waals surface area contributed by atoms with Gasteiger partial charge in [-0.3, -0.25) is 4.79 Å². The quantitative estimate of drug-likeness (QED) is 0.791. The maximum absolute atomic E-state index is 13.3. The molecule has 0 aliphatic carbocycles. The molecule has 0 bridgehead atoms. The molecule has 1 rings (SSSR count). The first-order valence-corrected chi connectivity index (χ1v) is 7.54. The zero-order valence-corrected chi connectivity index (χ0v) is 13.9. The lowest BCUT2D eigenvalue weighted by atomic mass is 10.1. The lowest BCUT2D eigenvalue weighted by Crippen LogP contribution is -2.36. The summed E-state index contributed by atoms with van der Waals surface area (Å²) >= 11 is 8.13. The van der Waals surface area contributed by atoms with Crippen molar-refractivity contribution in [3.8, 4) is 0 Å². The molecule has 2 N–H and O–H groups in total. The summed E-state index contributed by atoms with van der Waals surface area (Å²) < 4.78 is 13.9. The Labute approximate surface area is 132 Å². The van der Waals surface area contributed by atoms with Crippen LogP contribution in [0.15, 0.2) is 22.7 Å². The zero-order valence-electron chi connectivity index (χ0n) is 11.5. The first-order chi connectivity index (χ1) is 9.31. The molecule has 0 atom stereocenters. The van der Waals surface area contributed by atoms with Crippen molar-refractivity contribution in [2.24, 2.45) is 11.7 Å². The van der Waals surface area contributed by atoms with E-state index < -0.39 is 5.82 Å². The highest BCUT2D eigenvalue weighted by atomic mass is 79.9. The van der Waals surface area contributed by atoms with Crippen molar-refractivity contribution in [1.29, 1.82) is 0 Å². The molecule has 0 radical (unpaired) electrons. The molecule has 110 valence electrons. The number of rotatable bonds is 6. The third kappa shape index (κ3) is 5.17. The number of nitrogens with zero attached hydrogens (tertiary/aromatic N) is 1. The summed E-state index contributed by atoms with van der Waals surface area (Å²) in [5, 5.41) is 0. The minimum Gasteiger partial charge on any atom is -0.393 e. The summed E-state index contributed by atoms with van der Waals surface area (Å²) in [6.07, 6.45) is 0.459. The predicted octanol–water partition coefficient (Wildman–Crippen LogP) is 3.36. The largest absolute Gasteiger partial charge is 0.393 e. The van der Waals surface area contributed by atoms with Gasteiger partial charge in [0.2, 0.25) is 0 Å². The van der Waals surface area contributed by atoms with Crippen LogP contribution in [0, 0.1) is 11.7 Å². The van der Waals surface area contributed by atoms with Crippen molar-refractivity contribution in [3.05, 3.63) is 34.1 Å². The van der Waals surface area contributed by atoms with Gasteiger partial charge in [-0.25, -0.2) is 4.39 Å². The van der Waals surface area contributed by atoms with Crippen molar-refractivity contribution in [2.45, 2.75) is 20.3 Å². The number of thiocarbonyl (C=S) groups is 1. The van der Waals surface area contributed by atoms with Gasteiger partial charge in [0.05, 0.1) is 10.6 Å². The molecular weight excluding hydrogens is 343 g/mol. The third-order valence-corrected chi connectivity index (χ3v) is 3.56. The second-order valence-corrected chi connectivity index (χ2v) is 6.36. The normalized spacial score (nSPS) is 10.7. The van der Waals surface area contributed by atoms with E-state index in [4.69, 9.17) is 18.0 Å². The van der Waals surface area contributed by atoms with Crippen LogP contribution in [0.25, 0.3) is 0 Å². The van der Waals surface area contributed by atoms with Crippen molar-refractivity contribution in [2.75, 3.05) is 13.1 Å². The van der Waals surface area contributed by atoms with Crippen molar-refractivity contribution in [3.63, 3.8) is 0 Å². The van der Waals surface area contributed by atoms with E-state index in [1.165, 1.54) is 18.2 Å². The van der Waals surface area contributed by atoms with E-state index >= 15 is 0 Å². The Hall–Kier alpha value is -1.01. The third-order valence-electron chi connectivity index (χ3n) is 2.66. The minimum atomic E-state index is -0.435. The fourth-order valence-corrected chi connectivity index (χ4v) is 2.30. The molecule has 0 aromatic heterocycles. The van der Waals surface area contributed by atoms with Crippen molar-refractivity contribution < 1.29 is 9.18 Å². The van der Waals surface area contributed by atoms with E-state index in [1.54, 1.807) is 4.90 Å². The molecule has 0 aliphatic rings. The van der Waals surface area contributed by atoms with E-state index in [0.29, 0.717) is 40.5 Å². The molecule has 0 heterocycles. The topological polar surface area (TPSA) is 46.3 Å². The maximum Gasteiger partial charge on any atom is 0.255 e. The predicted molar refractivity (Wildman–Crippen MR) is 86.2 cm³/mol. The number of nitrogens with two attached hydrogens (primary N) is 1. The molecule has 1 aromatic rings. The van der Waals surface area contributed by atoms with Gasteiger partial charge in [-0.2, -0.15) is 0 Å². The number of amides is 1. The lowest BCUT2D eigenvalue weighted by molar-refractivity contribution is 0.0739. The van der Waals surface area contributed by atoms with Gasteiger partial charge in [-0.1, -0.05) is 26.1 Å². The van der Waals surface area contributed by atoms with Gasteiger partial charge in [0.15, 0.2) is 0 Å². The molecule has 1 aromatic carbocycles. The van der Waals surface area contributed by atoms with Crippen LogP contribution in [0.5, 0.6) is 0 Å². The van der Waals surface area contributed by atoms with Gasteiger partial charge in [-0.15, -0.1) is 0 Å². The molecule has 20 heavy (non-hydrogen) atoms. The monoisotopic (exact) mass is 360 g/mol. The van der Waals surface area contributed by atoms with Crippen LogP contribution in [-0.4, -0.2) is 28.9 Å². The fourth-order valence-electron chi connectivity index (χ4n) is 1.79. The van der Waals surface area contributed by atoms with Crippen LogP contribution >= 0.6 is 28.1 Å². The Morgan fingerprint density at radius 1 is 1.50 bits per heavy atom. The van der Waals surface area contributed by atoms with Crippen LogP contribution in [0.2, 0.25) is 0 Å². The average molecular weight is 361 g/mol. The Balaban J connectivity index is 2.96. The van der Waals surface area contributed by atoms with Gasteiger partial charge in [0.25, 0.3) is 5.91 Å². The summed E-state index contributed by atoms with van der Waals surface area (Å²) in [4.78, 5) is 14.5. The van der Waals surface area contributed by atoms with Gasteiger partial charge in [-0.05, 0) is 40.0 Å². The van der Waals surface area contributed by atoms with Crippen LogP contribution in [0.1, 0.15) is 30.6 Å². The molecule has 0 aliphatic heterocycles. The van der Waals surface area contributed by atoms with E-state index in [9.17, 15) is 9.18 Å². The van der Waals surface area contributed by atoms with E-state index in [1.807, 2.05) is 13.8 Å². The molecular formula is C14H18BrFN2OS. The number of carbonyl (C=O) groups is 1. The number of carbonyl (C=O) groups excluding carboxylic acids is 1. The van der Waals surface area contributed by atoms with Crippen molar-refractivity contribution >= 4 is 39.0 Å². The summed E-state index contributed by atoms with van der Waals surface area (Å²) in [5.74, 6) is -0.352. The molecule has 0 saturated carbocycles. The van der Waals surface area contributed by atoms with Crippen molar-refractivity contribution in [1.82, 2.24) is 4.90 Å². The first kappa shape index (κ1) is 17.0. The number of hydrogen-bond acceptors (Lipinski definition) is 2. The highest BCUT2D eigenvalue weighted by molar-refractivity contribution is 9.10. The SMILES string of the molecule is CC(C)CN(CCC(N)=S)C(=O)c1cc(F)ccc1Br. The summed E-state index contributed by atoms with van der Waals surface area (Å²) in [6.45, 7) is 5.04. The fraction of sp³-hybridized carbons (Fsp3) is 0.429. The zero-order chi connectivity index (χ0) is 15.3. The van der Waals surface area contributed by atoms with Gasteiger partial charge in [0, 0.05) is 24.0 Å². The van der Waals surface area contributed by atoms with Crippen LogP contribution in [-0.2, 0) is 0 Å². The average Bonchev–Trinajstić information content (AvgIpc) is 2.36. The summed E-state index contributed by atoms with van der Waals surface area (Å²) in [7, 11) is 0. The van der Waals surface area contributed by atoms with E-state index in [0.717, 1.165) is 0 Å². The highest BCUT2D eigenvalue weighted by Crippen LogP contribution is 2.20. The molecule has 0 unspecified atom stereocenters. The number of benzene rings is 1. The second kappa shape index (κ2) is 7.69. The van der Waals surface area contributed by atoms with E-state index in [-0.39, 0.29) is 5.91 Å². The Kier molecular flexibility index (Phi) is 6.55. The van der Waals surface area contributed by atoms with Gasteiger partial charge in [0.1, 0.15) is 5.82 Å². The molecule has 3 nitrogen and oxygen atoms in total. The standard InChI is InChI=1S/C14H18BrFN2OS/c1-9(2)8-18(6-5-13(17)20)14(19)11-7-10(16)3-4-12(11)15/h3-4,7,9H,5-6,8H2,1-2H3,(H2,17,20). The molecule has 0 spiro atoms. The molecule has 1 amide bonds. The maximum atomic E-state index is 13.3. The lowest BCUT2D eigenvalue weighted by Gasteiger charge is -2.25. The second-order valence-electron chi connectivity index (χ2n) is 4.99. The van der Waals surface area contributed by atoms with Gasteiger partial charge < -0.3 is 10.6 Å². The molecule has 6 heteroatoms. The Morgan fingerprint density at radius 3 is 2.70 bits per heavy atom. The summed E-state index contributed by atoms with van der Waals surface area (Å²) in [6, 6.07) is 4.08. The molecule has 0 fully saturated rings. The number of hydrogen-bond donors (Lipinski definition) is 1. The van der Waals surface area contributed by atoms with E-state index in [2.05, 4.69) is 15.9 Å². The summed E-state index contributed by atoms with van der Waals surface area (Å²) in [5.41, 5.74) is 5.80. The Morgan fingerprint density at radius 2 is 2.15 bits per heavy atom. The first-order valence-electron chi connectivity index (χ1n) is 6.34. The highest BCUT2D eigenvalue weighted by Gasteiger charge is 2.19. The Bertz CT molecular complexity index is 508. The minimum absolute atomic E-state index is 0.221. The van der Waals surface area contributed by atoms with Crippen LogP contribution in [0.3, 0.4) is 0 Å². The van der Waals surface area contributed by atoms with Crippen LogP contribution < -0.4 is 5.73 Å².